The number of aliphatic hydroxyl groups is 1. The molecule has 1 heterocycles. The molecule has 1 atom stereocenters. The first-order chi connectivity index (χ1) is 11.0. The number of carbonyl (C=O) groups is 1. The lowest BCUT2D eigenvalue weighted by Gasteiger charge is -2.12. The van der Waals surface area contributed by atoms with E-state index in [4.69, 9.17) is 0 Å². The Balaban J connectivity index is 1.88. The van der Waals surface area contributed by atoms with Crippen LogP contribution in [0.15, 0.2) is 30.5 Å². The highest BCUT2D eigenvalue weighted by molar-refractivity contribution is 5.91. The Kier molecular flexibility index (Phi) is 5.81. The summed E-state index contributed by atoms with van der Waals surface area (Å²) < 4.78 is 15.2. The average Bonchev–Trinajstić information content (AvgIpc) is 3.00. The fourth-order valence-corrected chi connectivity index (χ4v) is 2.04. The number of rotatable bonds is 7. The number of hydrogen-bond donors (Lipinski definition) is 2. The molecule has 2 rings (SSSR count). The van der Waals surface area contributed by atoms with E-state index in [-0.39, 0.29) is 17.8 Å². The quantitative estimate of drug-likeness (QED) is 0.817. The van der Waals surface area contributed by atoms with Crippen molar-refractivity contribution in [2.75, 3.05) is 6.54 Å². The van der Waals surface area contributed by atoms with E-state index in [1.165, 1.54) is 12.1 Å². The largest absolute Gasteiger partial charge is 0.386 e. The molecule has 2 aromatic rings. The van der Waals surface area contributed by atoms with Crippen LogP contribution in [0.1, 0.15) is 42.4 Å². The monoisotopic (exact) mass is 320 g/mol. The van der Waals surface area contributed by atoms with Crippen LogP contribution in [-0.2, 0) is 6.54 Å². The van der Waals surface area contributed by atoms with Crippen molar-refractivity contribution in [2.45, 2.75) is 32.9 Å². The molecular weight excluding hydrogens is 299 g/mol. The maximum atomic E-state index is 13.5. The van der Waals surface area contributed by atoms with E-state index in [0.29, 0.717) is 12.5 Å². The summed E-state index contributed by atoms with van der Waals surface area (Å²) in [5.41, 5.74) is 0.322. The molecule has 1 aromatic carbocycles. The Morgan fingerprint density at radius 2 is 2.13 bits per heavy atom. The van der Waals surface area contributed by atoms with Crippen molar-refractivity contribution in [1.82, 2.24) is 20.3 Å². The zero-order valence-corrected chi connectivity index (χ0v) is 13.2. The minimum absolute atomic E-state index is 0.0986. The number of halogens is 1. The van der Waals surface area contributed by atoms with Crippen molar-refractivity contribution in [1.29, 1.82) is 0 Å². The van der Waals surface area contributed by atoms with Crippen molar-refractivity contribution in [3.8, 4) is 0 Å². The first-order valence-electron chi connectivity index (χ1n) is 7.58. The third kappa shape index (κ3) is 4.85. The van der Waals surface area contributed by atoms with Gasteiger partial charge in [-0.2, -0.15) is 0 Å². The van der Waals surface area contributed by atoms with Gasteiger partial charge >= 0.3 is 0 Å². The molecule has 7 heteroatoms. The number of benzene rings is 1. The van der Waals surface area contributed by atoms with Crippen LogP contribution in [0.25, 0.3) is 0 Å². The molecule has 0 saturated carbocycles. The molecule has 1 amide bonds. The highest BCUT2D eigenvalue weighted by Crippen LogP contribution is 2.15. The van der Waals surface area contributed by atoms with Crippen LogP contribution in [0, 0.1) is 11.7 Å². The lowest BCUT2D eigenvalue weighted by molar-refractivity contribution is 0.0909. The second-order valence-corrected chi connectivity index (χ2v) is 5.80. The molecule has 0 fully saturated rings. The van der Waals surface area contributed by atoms with Crippen molar-refractivity contribution >= 4 is 5.91 Å². The van der Waals surface area contributed by atoms with E-state index in [1.807, 2.05) is 0 Å². The van der Waals surface area contributed by atoms with Gasteiger partial charge in [0.05, 0.1) is 12.3 Å². The number of nitrogens with zero attached hydrogens (tertiary/aromatic N) is 3. The summed E-state index contributed by atoms with van der Waals surface area (Å²) >= 11 is 0. The van der Waals surface area contributed by atoms with Gasteiger partial charge in [0.2, 0.25) is 0 Å². The van der Waals surface area contributed by atoms with Crippen molar-refractivity contribution in [2.24, 2.45) is 5.92 Å². The smallest absolute Gasteiger partial charge is 0.273 e. The third-order valence-corrected chi connectivity index (χ3v) is 3.43. The maximum Gasteiger partial charge on any atom is 0.273 e. The summed E-state index contributed by atoms with van der Waals surface area (Å²) in [7, 11) is 0. The Bertz CT molecular complexity index is 657. The zero-order chi connectivity index (χ0) is 16.8. The summed E-state index contributed by atoms with van der Waals surface area (Å²) in [4.78, 5) is 12.0. The SMILES string of the molecule is CC(C)CCn1cc(C(=O)NCC(O)c2ccccc2F)nn1. The van der Waals surface area contributed by atoms with Gasteiger partial charge in [0.15, 0.2) is 5.69 Å². The molecule has 23 heavy (non-hydrogen) atoms. The van der Waals surface area contributed by atoms with E-state index in [9.17, 15) is 14.3 Å². The fraction of sp³-hybridized carbons (Fsp3) is 0.438. The predicted molar refractivity (Wildman–Crippen MR) is 83.2 cm³/mol. The highest BCUT2D eigenvalue weighted by Gasteiger charge is 2.16. The fourth-order valence-electron chi connectivity index (χ4n) is 2.04. The predicted octanol–water partition coefficient (Wildman–Crippen LogP) is 1.93. The van der Waals surface area contributed by atoms with Gasteiger partial charge in [0, 0.05) is 18.7 Å². The lowest BCUT2D eigenvalue weighted by Crippen LogP contribution is -2.29. The highest BCUT2D eigenvalue weighted by atomic mass is 19.1. The maximum absolute atomic E-state index is 13.5. The number of aryl methyl sites for hydroxylation is 1. The van der Waals surface area contributed by atoms with Gasteiger partial charge in [0.25, 0.3) is 5.91 Å². The van der Waals surface area contributed by atoms with Gasteiger partial charge in [-0.05, 0) is 18.4 Å². The van der Waals surface area contributed by atoms with Crippen LogP contribution in [0.2, 0.25) is 0 Å². The van der Waals surface area contributed by atoms with Gasteiger partial charge in [0.1, 0.15) is 5.82 Å². The molecule has 0 bridgehead atoms. The Labute approximate surface area is 134 Å². The molecule has 0 aliphatic heterocycles. The van der Waals surface area contributed by atoms with Gasteiger partial charge in [-0.3, -0.25) is 9.48 Å². The molecular formula is C16H21FN4O2. The van der Waals surface area contributed by atoms with Gasteiger partial charge in [-0.25, -0.2) is 4.39 Å². The molecule has 0 aliphatic rings. The first kappa shape index (κ1) is 17.1. The summed E-state index contributed by atoms with van der Waals surface area (Å²) in [6.45, 7) is 4.80. The zero-order valence-electron chi connectivity index (χ0n) is 13.2. The van der Waals surface area contributed by atoms with E-state index in [1.54, 1.807) is 23.0 Å². The van der Waals surface area contributed by atoms with Crippen LogP contribution in [0.5, 0.6) is 0 Å². The summed E-state index contributed by atoms with van der Waals surface area (Å²) in [6.07, 6.45) is 1.39. The summed E-state index contributed by atoms with van der Waals surface area (Å²) in [5, 5.41) is 20.2. The van der Waals surface area contributed by atoms with Gasteiger partial charge < -0.3 is 10.4 Å². The minimum Gasteiger partial charge on any atom is -0.386 e. The topological polar surface area (TPSA) is 80.0 Å². The normalized spacial score (nSPS) is 12.4. The van der Waals surface area contributed by atoms with Gasteiger partial charge in [-0.15, -0.1) is 5.10 Å². The van der Waals surface area contributed by atoms with Crippen LogP contribution >= 0.6 is 0 Å². The Hall–Kier alpha value is -2.28. The van der Waals surface area contributed by atoms with E-state index < -0.39 is 17.8 Å². The van der Waals surface area contributed by atoms with Crippen LogP contribution in [-0.4, -0.2) is 32.6 Å². The molecule has 0 saturated heterocycles. The van der Waals surface area contributed by atoms with Crippen LogP contribution in [0.3, 0.4) is 0 Å². The average molecular weight is 320 g/mol. The standard InChI is InChI=1S/C16H21FN4O2/c1-11(2)7-8-21-10-14(19-20-21)16(23)18-9-15(22)12-5-3-4-6-13(12)17/h3-6,10-11,15,22H,7-9H2,1-2H3,(H,18,23). The Morgan fingerprint density at radius 3 is 2.83 bits per heavy atom. The summed E-state index contributed by atoms with van der Waals surface area (Å²) in [5.74, 6) is -0.419. The number of amides is 1. The molecule has 1 unspecified atom stereocenters. The van der Waals surface area contributed by atoms with Crippen molar-refractivity contribution < 1.29 is 14.3 Å². The number of nitrogens with one attached hydrogen (secondary N) is 1. The summed E-state index contributed by atoms with van der Waals surface area (Å²) in [6, 6.07) is 5.92. The first-order valence-corrected chi connectivity index (χ1v) is 7.58. The van der Waals surface area contributed by atoms with E-state index in [0.717, 1.165) is 6.42 Å². The molecule has 0 radical (unpaired) electrons. The Morgan fingerprint density at radius 1 is 1.39 bits per heavy atom. The molecule has 124 valence electrons. The molecule has 0 spiro atoms. The number of carbonyl (C=O) groups excluding carboxylic acids is 1. The second-order valence-electron chi connectivity index (χ2n) is 5.80. The van der Waals surface area contributed by atoms with Crippen LogP contribution < -0.4 is 5.32 Å². The van der Waals surface area contributed by atoms with Crippen molar-refractivity contribution in [3.05, 3.63) is 47.5 Å². The number of hydrogen-bond acceptors (Lipinski definition) is 4. The molecule has 1 aromatic heterocycles. The van der Waals surface area contributed by atoms with E-state index in [2.05, 4.69) is 29.5 Å². The molecule has 2 N–H and O–H groups in total. The molecule has 0 aliphatic carbocycles. The van der Waals surface area contributed by atoms with Gasteiger partial charge in [-0.1, -0.05) is 37.3 Å². The van der Waals surface area contributed by atoms with E-state index >= 15 is 0 Å². The minimum atomic E-state index is -1.11. The van der Waals surface area contributed by atoms with Crippen molar-refractivity contribution in [3.63, 3.8) is 0 Å². The molecule has 6 nitrogen and oxygen atoms in total. The van der Waals surface area contributed by atoms with Crippen LogP contribution in [0.4, 0.5) is 4.39 Å². The number of aliphatic hydroxyl groups excluding tert-OH is 1. The lowest BCUT2D eigenvalue weighted by atomic mass is 10.1. The number of aromatic nitrogens is 3. The third-order valence-electron chi connectivity index (χ3n) is 3.43. The second kappa shape index (κ2) is 7.82.